The Bertz CT molecular complexity index is 1060. The van der Waals surface area contributed by atoms with Crippen molar-refractivity contribution in [1.29, 1.82) is 0 Å². The summed E-state index contributed by atoms with van der Waals surface area (Å²) >= 11 is 5.39. The van der Waals surface area contributed by atoms with Crippen molar-refractivity contribution >= 4 is 35.0 Å². The SMILES string of the molecule is Cc1cc(OCc2ccc(/C=C3\NC(=S)N(C4CCCCC4)C3=O)o2)ccc1[N+](=O)[O-]. The molecular weight excluding hydrogens is 418 g/mol. The third kappa shape index (κ3) is 4.61. The van der Waals surface area contributed by atoms with E-state index < -0.39 is 4.92 Å². The van der Waals surface area contributed by atoms with Gasteiger partial charge in [0.15, 0.2) is 5.11 Å². The van der Waals surface area contributed by atoms with Crippen LogP contribution in [0.3, 0.4) is 0 Å². The zero-order chi connectivity index (χ0) is 22.0. The highest BCUT2D eigenvalue weighted by Crippen LogP contribution is 2.27. The van der Waals surface area contributed by atoms with Gasteiger partial charge in [-0.1, -0.05) is 19.3 Å². The zero-order valence-corrected chi connectivity index (χ0v) is 17.9. The first-order chi connectivity index (χ1) is 14.9. The first kappa shape index (κ1) is 21.0. The maximum atomic E-state index is 12.8. The second kappa shape index (κ2) is 8.89. The van der Waals surface area contributed by atoms with Crippen molar-refractivity contribution in [3.05, 3.63) is 63.2 Å². The maximum absolute atomic E-state index is 12.8. The summed E-state index contributed by atoms with van der Waals surface area (Å²) < 4.78 is 11.4. The highest BCUT2D eigenvalue weighted by Gasteiger charge is 2.36. The van der Waals surface area contributed by atoms with E-state index in [1.807, 2.05) is 0 Å². The first-order valence-electron chi connectivity index (χ1n) is 10.2. The monoisotopic (exact) mass is 441 g/mol. The molecule has 8 nitrogen and oxygen atoms in total. The van der Waals surface area contributed by atoms with Crippen LogP contribution < -0.4 is 10.1 Å². The van der Waals surface area contributed by atoms with E-state index in [1.165, 1.54) is 12.5 Å². The van der Waals surface area contributed by atoms with E-state index >= 15 is 0 Å². The molecule has 1 saturated carbocycles. The molecule has 2 aliphatic rings. The molecule has 1 amide bonds. The summed E-state index contributed by atoms with van der Waals surface area (Å²) in [5, 5.41) is 14.4. The molecule has 0 radical (unpaired) electrons. The fourth-order valence-corrected chi connectivity index (χ4v) is 4.33. The van der Waals surface area contributed by atoms with Crippen molar-refractivity contribution in [2.45, 2.75) is 51.7 Å². The lowest BCUT2D eigenvalue weighted by atomic mass is 9.94. The summed E-state index contributed by atoms with van der Waals surface area (Å²) in [5.74, 6) is 1.48. The van der Waals surface area contributed by atoms with Crippen molar-refractivity contribution in [1.82, 2.24) is 10.2 Å². The van der Waals surface area contributed by atoms with E-state index in [0.29, 0.717) is 33.6 Å². The number of hydrogen-bond donors (Lipinski definition) is 1. The first-order valence-corrected chi connectivity index (χ1v) is 10.7. The van der Waals surface area contributed by atoms with Crippen LogP contribution in [0, 0.1) is 17.0 Å². The number of rotatable bonds is 6. The molecule has 2 aromatic rings. The standard InChI is InChI=1S/C22H23N3O5S/c1-14-11-16(9-10-20(14)25(27)28)29-13-18-8-7-17(30-18)12-19-21(26)24(22(31)23-19)15-5-3-2-4-6-15/h7-12,15H,2-6,13H2,1H3,(H,23,31)/b19-12-. The van der Waals surface area contributed by atoms with Crippen LogP contribution in [-0.2, 0) is 11.4 Å². The summed E-state index contributed by atoms with van der Waals surface area (Å²) in [5.41, 5.74) is 0.980. The van der Waals surface area contributed by atoms with Gasteiger partial charge in [0.05, 0.1) is 4.92 Å². The van der Waals surface area contributed by atoms with Gasteiger partial charge in [-0.05, 0) is 56.2 Å². The quantitative estimate of drug-likeness (QED) is 0.306. The van der Waals surface area contributed by atoms with Gasteiger partial charge < -0.3 is 14.5 Å². The van der Waals surface area contributed by atoms with Crippen molar-refractivity contribution in [3.8, 4) is 5.75 Å². The fourth-order valence-electron chi connectivity index (χ4n) is 3.99. The van der Waals surface area contributed by atoms with Gasteiger partial charge in [0.2, 0.25) is 0 Å². The lowest BCUT2D eigenvalue weighted by molar-refractivity contribution is -0.385. The largest absolute Gasteiger partial charge is 0.486 e. The number of benzene rings is 1. The van der Waals surface area contributed by atoms with E-state index in [4.69, 9.17) is 21.4 Å². The molecule has 0 bridgehead atoms. The number of aryl methyl sites for hydroxylation is 1. The van der Waals surface area contributed by atoms with Crippen molar-refractivity contribution in [3.63, 3.8) is 0 Å². The van der Waals surface area contributed by atoms with E-state index in [9.17, 15) is 14.9 Å². The van der Waals surface area contributed by atoms with E-state index in [1.54, 1.807) is 42.2 Å². The Kier molecular flexibility index (Phi) is 6.03. The van der Waals surface area contributed by atoms with Crippen molar-refractivity contribution in [2.75, 3.05) is 0 Å². The number of nitrogens with one attached hydrogen (secondary N) is 1. The Hall–Kier alpha value is -3.20. The smallest absolute Gasteiger partial charge is 0.276 e. The zero-order valence-electron chi connectivity index (χ0n) is 17.1. The molecule has 1 saturated heterocycles. The van der Waals surface area contributed by atoms with Gasteiger partial charge in [-0.15, -0.1) is 0 Å². The molecule has 0 spiro atoms. The van der Waals surface area contributed by atoms with Crippen molar-refractivity contribution < 1.29 is 18.9 Å². The Morgan fingerprint density at radius 2 is 2.06 bits per heavy atom. The summed E-state index contributed by atoms with van der Waals surface area (Å²) in [6.07, 6.45) is 7.04. The predicted octanol–water partition coefficient (Wildman–Crippen LogP) is 4.47. The molecule has 0 atom stereocenters. The lowest BCUT2D eigenvalue weighted by Gasteiger charge is -2.29. The number of furan rings is 1. The number of carbonyl (C=O) groups is 1. The van der Waals surface area contributed by atoms with Crippen LogP contribution in [0.5, 0.6) is 5.75 Å². The van der Waals surface area contributed by atoms with Gasteiger partial charge in [0, 0.05) is 23.7 Å². The number of ether oxygens (including phenoxy) is 1. The van der Waals surface area contributed by atoms with Crippen LogP contribution in [-0.4, -0.2) is 26.9 Å². The summed E-state index contributed by atoms with van der Waals surface area (Å²) in [4.78, 5) is 25.0. The molecule has 1 aliphatic heterocycles. The number of hydrogen-bond acceptors (Lipinski definition) is 6. The minimum atomic E-state index is -0.426. The van der Waals surface area contributed by atoms with Gasteiger partial charge in [0.25, 0.3) is 11.6 Å². The van der Waals surface area contributed by atoms with Gasteiger partial charge in [-0.25, -0.2) is 0 Å². The number of thiocarbonyl (C=S) groups is 1. The topological polar surface area (TPSA) is 97.8 Å². The molecule has 162 valence electrons. The summed E-state index contributed by atoms with van der Waals surface area (Å²) in [6, 6.07) is 8.28. The van der Waals surface area contributed by atoms with Crippen LogP contribution in [0.1, 0.15) is 49.2 Å². The minimum Gasteiger partial charge on any atom is -0.486 e. The minimum absolute atomic E-state index is 0.0492. The number of amides is 1. The van der Waals surface area contributed by atoms with Crippen LogP contribution in [0.2, 0.25) is 0 Å². The van der Waals surface area contributed by atoms with Gasteiger partial charge in [-0.2, -0.15) is 0 Å². The van der Waals surface area contributed by atoms with Gasteiger partial charge in [-0.3, -0.25) is 19.8 Å². The van der Waals surface area contributed by atoms with Crippen LogP contribution in [0.15, 0.2) is 40.4 Å². The molecular formula is C22H23N3O5S. The molecule has 9 heteroatoms. The molecule has 0 unspecified atom stereocenters. The third-order valence-corrected chi connectivity index (χ3v) is 5.86. The second-order valence-electron chi connectivity index (χ2n) is 7.75. The normalized spacial score (nSPS) is 18.5. The van der Waals surface area contributed by atoms with Crippen LogP contribution in [0.25, 0.3) is 6.08 Å². The number of carbonyl (C=O) groups excluding carboxylic acids is 1. The molecule has 4 rings (SSSR count). The number of nitro groups is 1. The van der Waals surface area contributed by atoms with Gasteiger partial charge >= 0.3 is 0 Å². The fraction of sp³-hybridized carbons (Fsp3) is 0.364. The van der Waals surface area contributed by atoms with E-state index in [-0.39, 0.29) is 24.2 Å². The molecule has 31 heavy (non-hydrogen) atoms. The highest BCUT2D eigenvalue weighted by atomic mass is 32.1. The Labute approximate surface area is 185 Å². The number of nitro benzene ring substituents is 1. The summed E-state index contributed by atoms with van der Waals surface area (Å²) in [6.45, 7) is 1.82. The third-order valence-electron chi connectivity index (χ3n) is 5.56. The van der Waals surface area contributed by atoms with Crippen molar-refractivity contribution in [2.24, 2.45) is 0 Å². The van der Waals surface area contributed by atoms with E-state index in [0.717, 1.165) is 25.7 Å². The average Bonchev–Trinajstić information content (AvgIpc) is 3.30. The van der Waals surface area contributed by atoms with Crippen LogP contribution >= 0.6 is 12.2 Å². The average molecular weight is 442 g/mol. The highest BCUT2D eigenvalue weighted by molar-refractivity contribution is 7.80. The Morgan fingerprint density at radius 1 is 1.29 bits per heavy atom. The second-order valence-corrected chi connectivity index (χ2v) is 8.14. The molecule has 1 aromatic carbocycles. The molecule has 1 N–H and O–H groups in total. The molecule has 1 aromatic heterocycles. The molecule has 1 aliphatic carbocycles. The summed E-state index contributed by atoms with van der Waals surface area (Å²) in [7, 11) is 0. The van der Waals surface area contributed by atoms with Crippen LogP contribution in [0.4, 0.5) is 5.69 Å². The number of nitrogens with zero attached hydrogens (tertiary/aromatic N) is 2. The Morgan fingerprint density at radius 3 is 2.77 bits per heavy atom. The van der Waals surface area contributed by atoms with Gasteiger partial charge in [0.1, 0.15) is 29.6 Å². The molecule has 2 heterocycles. The molecule has 2 fully saturated rings. The van der Waals surface area contributed by atoms with E-state index in [2.05, 4.69) is 5.32 Å². The predicted molar refractivity (Wildman–Crippen MR) is 118 cm³/mol. The Balaban J connectivity index is 1.40. The maximum Gasteiger partial charge on any atom is 0.276 e. The lowest BCUT2D eigenvalue weighted by Crippen LogP contribution is -2.41.